The zero-order chi connectivity index (χ0) is 16.6. The van der Waals surface area contributed by atoms with Crippen LogP contribution in [0.1, 0.15) is 38.7 Å². The van der Waals surface area contributed by atoms with Crippen molar-refractivity contribution >= 4 is 33.3 Å². The highest BCUT2D eigenvalue weighted by molar-refractivity contribution is 7.21. The van der Waals surface area contributed by atoms with Crippen LogP contribution in [0.2, 0.25) is 5.02 Å². The highest BCUT2D eigenvalue weighted by Gasteiger charge is 2.17. The molecular weight excluding hydrogens is 331 g/mol. The Labute approximate surface area is 144 Å². The summed E-state index contributed by atoms with van der Waals surface area (Å²) < 4.78 is 13.2. The van der Waals surface area contributed by atoms with Crippen molar-refractivity contribution in [1.29, 1.82) is 0 Å². The minimum atomic E-state index is -0.483. The number of pyridine rings is 1. The third kappa shape index (κ3) is 3.24. The molecule has 0 aliphatic rings. The van der Waals surface area contributed by atoms with Gasteiger partial charge in [0.25, 0.3) is 0 Å². The number of fused-ring (bicyclic) bond motifs is 1. The molecule has 0 spiro atoms. The molecule has 1 aromatic carbocycles. The van der Waals surface area contributed by atoms with E-state index in [0.29, 0.717) is 22.2 Å². The molecule has 0 fully saturated rings. The van der Waals surface area contributed by atoms with E-state index < -0.39 is 5.95 Å². The standard InChI is InChI=1S/C18H18ClFN2S/c1-4-10(2)11(3)13-6-5-12(9-14(13)19)17-21-15-7-8-16(20)22-18(15)23-17/h5-11H,4H2,1-3H3. The predicted octanol–water partition coefficient (Wildman–Crippen LogP) is 6.30. The quantitative estimate of drug-likeness (QED) is 0.517. The number of aromatic nitrogens is 2. The first kappa shape index (κ1) is 16.3. The van der Waals surface area contributed by atoms with Gasteiger partial charge in [-0.3, -0.25) is 0 Å². The van der Waals surface area contributed by atoms with Crippen LogP contribution >= 0.6 is 22.9 Å². The van der Waals surface area contributed by atoms with Crippen molar-refractivity contribution in [3.63, 3.8) is 0 Å². The summed E-state index contributed by atoms with van der Waals surface area (Å²) in [5.41, 5.74) is 2.81. The smallest absolute Gasteiger partial charge is 0.214 e. The first-order chi connectivity index (χ1) is 11.0. The van der Waals surface area contributed by atoms with Gasteiger partial charge in [-0.1, -0.05) is 62.3 Å². The zero-order valence-electron chi connectivity index (χ0n) is 13.3. The van der Waals surface area contributed by atoms with Crippen LogP contribution in [-0.4, -0.2) is 9.97 Å². The lowest BCUT2D eigenvalue weighted by molar-refractivity contribution is 0.473. The minimum Gasteiger partial charge on any atom is -0.234 e. The van der Waals surface area contributed by atoms with E-state index in [1.54, 1.807) is 6.07 Å². The maximum Gasteiger partial charge on any atom is 0.214 e. The lowest BCUT2D eigenvalue weighted by atomic mass is 9.87. The van der Waals surface area contributed by atoms with E-state index in [-0.39, 0.29) is 0 Å². The number of rotatable bonds is 4. The summed E-state index contributed by atoms with van der Waals surface area (Å²) in [7, 11) is 0. The van der Waals surface area contributed by atoms with Crippen molar-refractivity contribution in [3.8, 4) is 10.6 Å². The fraction of sp³-hybridized carbons (Fsp3) is 0.333. The van der Waals surface area contributed by atoms with E-state index in [9.17, 15) is 4.39 Å². The van der Waals surface area contributed by atoms with Gasteiger partial charge in [0.2, 0.25) is 5.95 Å². The Morgan fingerprint density at radius 2 is 1.96 bits per heavy atom. The van der Waals surface area contributed by atoms with E-state index in [1.807, 2.05) is 12.1 Å². The van der Waals surface area contributed by atoms with Gasteiger partial charge in [-0.2, -0.15) is 4.39 Å². The number of thiazole rings is 1. The van der Waals surface area contributed by atoms with Gasteiger partial charge < -0.3 is 0 Å². The lowest BCUT2D eigenvalue weighted by Gasteiger charge is -2.20. The molecular formula is C18H18ClFN2S. The van der Waals surface area contributed by atoms with Gasteiger partial charge in [-0.05, 0) is 35.6 Å². The Morgan fingerprint density at radius 3 is 2.65 bits per heavy atom. The van der Waals surface area contributed by atoms with Crippen molar-refractivity contribution in [1.82, 2.24) is 9.97 Å². The molecule has 5 heteroatoms. The molecule has 2 unspecified atom stereocenters. The molecule has 120 valence electrons. The number of hydrogen-bond acceptors (Lipinski definition) is 3. The molecule has 2 aromatic heterocycles. The number of benzene rings is 1. The average molecular weight is 349 g/mol. The molecule has 0 saturated carbocycles. The Morgan fingerprint density at radius 1 is 1.17 bits per heavy atom. The monoisotopic (exact) mass is 348 g/mol. The van der Waals surface area contributed by atoms with Crippen molar-refractivity contribution in [2.45, 2.75) is 33.1 Å². The summed E-state index contributed by atoms with van der Waals surface area (Å²) in [4.78, 5) is 9.01. The lowest BCUT2D eigenvalue weighted by Crippen LogP contribution is -2.05. The molecule has 3 rings (SSSR count). The number of nitrogens with zero attached hydrogens (tertiary/aromatic N) is 2. The molecule has 3 aromatic rings. The number of halogens is 2. The van der Waals surface area contributed by atoms with Crippen molar-refractivity contribution in [2.75, 3.05) is 0 Å². The van der Waals surface area contributed by atoms with Crippen LogP contribution in [-0.2, 0) is 0 Å². The van der Waals surface area contributed by atoms with Gasteiger partial charge in [0, 0.05) is 10.6 Å². The maximum absolute atomic E-state index is 13.2. The molecule has 0 aliphatic carbocycles. The van der Waals surface area contributed by atoms with Crippen LogP contribution < -0.4 is 0 Å². The second-order valence-electron chi connectivity index (χ2n) is 5.89. The van der Waals surface area contributed by atoms with E-state index in [0.717, 1.165) is 27.6 Å². The van der Waals surface area contributed by atoms with E-state index >= 15 is 0 Å². The molecule has 0 radical (unpaired) electrons. The van der Waals surface area contributed by atoms with Crippen molar-refractivity contribution < 1.29 is 4.39 Å². The first-order valence-electron chi connectivity index (χ1n) is 7.72. The molecule has 0 amide bonds. The molecule has 0 bridgehead atoms. The van der Waals surface area contributed by atoms with Crippen LogP contribution in [0.3, 0.4) is 0 Å². The second kappa shape index (κ2) is 6.54. The van der Waals surface area contributed by atoms with Gasteiger partial charge in [0.15, 0.2) is 0 Å². The molecule has 2 nitrogen and oxygen atoms in total. The van der Waals surface area contributed by atoms with Crippen LogP contribution in [0.15, 0.2) is 30.3 Å². The van der Waals surface area contributed by atoms with Gasteiger partial charge >= 0.3 is 0 Å². The Kier molecular flexibility index (Phi) is 4.64. The van der Waals surface area contributed by atoms with E-state index in [4.69, 9.17) is 11.6 Å². The molecule has 2 heterocycles. The second-order valence-corrected chi connectivity index (χ2v) is 7.27. The minimum absolute atomic E-state index is 0.410. The maximum atomic E-state index is 13.2. The van der Waals surface area contributed by atoms with Gasteiger partial charge in [-0.15, -0.1) is 0 Å². The summed E-state index contributed by atoms with van der Waals surface area (Å²) in [5, 5.41) is 1.57. The van der Waals surface area contributed by atoms with E-state index in [1.165, 1.54) is 17.4 Å². The Bertz CT molecular complexity index is 846. The molecule has 23 heavy (non-hydrogen) atoms. The summed E-state index contributed by atoms with van der Waals surface area (Å²) in [6, 6.07) is 9.04. The summed E-state index contributed by atoms with van der Waals surface area (Å²) in [5.74, 6) is 0.504. The van der Waals surface area contributed by atoms with Crippen LogP contribution in [0, 0.1) is 11.9 Å². The number of hydrogen-bond donors (Lipinski definition) is 0. The normalized spacial score (nSPS) is 14.1. The van der Waals surface area contributed by atoms with Gasteiger partial charge in [-0.25, -0.2) is 9.97 Å². The third-order valence-electron chi connectivity index (χ3n) is 4.46. The molecule has 0 saturated heterocycles. The highest BCUT2D eigenvalue weighted by Crippen LogP contribution is 2.36. The molecule has 0 N–H and O–H groups in total. The third-order valence-corrected chi connectivity index (χ3v) is 5.80. The van der Waals surface area contributed by atoms with Crippen molar-refractivity contribution in [2.24, 2.45) is 5.92 Å². The van der Waals surface area contributed by atoms with Crippen molar-refractivity contribution in [3.05, 3.63) is 46.9 Å². The average Bonchev–Trinajstić information content (AvgIpc) is 2.96. The van der Waals surface area contributed by atoms with E-state index in [2.05, 4.69) is 36.8 Å². The Balaban J connectivity index is 1.98. The molecule has 2 atom stereocenters. The van der Waals surface area contributed by atoms with Gasteiger partial charge in [0.1, 0.15) is 15.4 Å². The highest BCUT2D eigenvalue weighted by atomic mass is 35.5. The fourth-order valence-corrected chi connectivity index (χ4v) is 3.88. The summed E-state index contributed by atoms with van der Waals surface area (Å²) in [6.45, 7) is 6.64. The van der Waals surface area contributed by atoms with Crippen LogP contribution in [0.5, 0.6) is 0 Å². The SMILES string of the molecule is CCC(C)C(C)c1ccc(-c2nc3ccc(F)nc3s2)cc1Cl. The van der Waals surface area contributed by atoms with Gasteiger partial charge in [0.05, 0.1) is 0 Å². The Hall–Kier alpha value is -1.52. The first-order valence-corrected chi connectivity index (χ1v) is 8.92. The van der Waals surface area contributed by atoms with Crippen LogP contribution in [0.4, 0.5) is 4.39 Å². The fourth-order valence-electron chi connectivity index (χ4n) is 2.61. The summed E-state index contributed by atoms with van der Waals surface area (Å²) in [6.07, 6.45) is 1.12. The zero-order valence-corrected chi connectivity index (χ0v) is 14.9. The summed E-state index contributed by atoms with van der Waals surface area (Å²) >= 11 is 7.88. The van der Waals surface area contributed by atoms with Crippen LogP contribution in [0.25, 0.3) is 20.9 Å². The topological polar surface area (TPSA) is 25.8 Å². The molecule has 0 aliphatic heterocycles. The predicted molar refractivity (Wildman–Crippen MR) is 95.7 cm³/mol. The largest absolute Gasteiger partial charge is 0.234 e.